The molecule has 2 rings (SSSR count). The van der Waals surface area contributed by atoms with E-state index in [9.17, 15) is 0 Å². The van der Waals surface area contributed by atoms with Crippen LogP contribution in [0.2, 0.25) is 5.02 Å². The molecule has 5 heteroatoms. The van der Waals surface area contributed by atoms with Gasteiger partial charge in [0.05, 0.1) is 16.4 Å². The van der Waals surface area contributed by atoms with E-state index in [1.165, 1.54) is 4.88 Å². The molecule has 19 heavy (non-hydrogen) atoms. The van der Waals surface area contributed by atoms with Crippen LogP contribution in [-0.4, -0.2) is 22.4 Å². The first-order valence-electron chi connectivity index (χ1n) is 6.55. The number of aryl methyl sites for hydroxylation is 2. The molecule has 2 aromatic rings. The van der Waals surface area contributed by atoms with Gasteiger partial charge in [-0.1, -0.05) is 24.6 Å². The predicted octanol–water partition coefficient (Wildman–Crippen LogP) is 3.21. The van der Waals surface area contributed by atoms with Crippen LogP contribution in [0.1, 0.15) is 23.2 Å². The molecule has 1 atom stereocenters. The molecule has 1 unspecified atom stereocenters. The van der Waals surface area contributed by atoms with Gasteiger partial charge in [0.15, 0.2) is 0 Å². The summed E-state index contributed by atoms with van der Waals surface area (Å²) in [6.07, 6.45) is 1.94. The molecule has 0 radical (unpaired) electrons. The van der Waals surface area contributed by atoms with Crippen LogP contribution in [0.25, 0.3) is 0 Å². The number of thiophene rings is 1. The van der Waals surface area contributed by atoms with Crippen LogP contribution in [0.3, 0.4) is 0 Å². The molecular formula is C14H20ClN3S. The van der Waals surface area contributed by atoms with Crippen molar-refractivity contribution in [3.8, 4) is 0 Å². The van der Waals surface area contributed by atoms with E-state index in [1.54, 1.807) is 11.3 Å². The zero-order chi connectivity index (χ0) is 13.8. The van der Waals surface area contributed by atoms with Gasteiger partial charge in [0.25, 0.3) is 0 Å². The summed E-state index contributed by atoms with van der Waals surface area (Å²) in [7, 11) is 1.96. The number of rotatable bonds is 6. The maximum absolute atomic E-state index is 6.33. The monoisotopic (exact) mass is 297 g/mol. The van der Waals surface area contributed by atoms with E-state index in [0.29, 0.717) is 6.04 Å². The maximum atomic E-state index is 6.33. The molecule has 104 valence electrons. The van der Waals surface area contributed by atoms with Gasteiger partial charge in [-0.05, 0) is 31.3 Å². The average Bonchev–Trinajstić information content (AvgIpc) is 2.94. The Bertz CT molecular complexity index is 519. The van der Waals surface area contributed by atoms with Gasteiger partial charge < -0.3 is 5.32 Å². The summed E-state index contributed by atoms with van der Waals surface area (Å²) in [5, 5.41) is 10.8. The molecule has 3 nitrogen and oxygen atoms in total. The fourth-order valence-corrected chi connectivity index (χ4v) is 3.34. The van der Waals surface area contributed by atoms with Crippen molar-refractivity contribution in [2.75, 3.05) is 6.54 Å². The summed E-state index contributed by atoms with van der Waals surface area (Å²) < 4.78 is 1.90. The van der Waals surface area contributed by atoms with Crippen LogP contribution in [-0.2, 0) is 19.9 Å². The molecule has 0 spiro atoms. The summed E-state index contributed by atoms with van der Waals surface area (Å²) >= 11 is 8.14. The lowest BCUT2D eigenvalue weighted by Crippen LogP contribution is -2.33. The fourth-order valence-electron chi connectivity index (χ4n) is 2.31. The zero-order valence-electron chi connectivity index (χ0n) is 11.6. The quantitative estimate of drug-likeness (QED) is 0.887. The third-order valence-electron chi connectivity index (χ3n) is 3.22. The summed E-state index contributed by atoms with van der Waals surface area (Å²) in [6.45, 7) is 5.05. The Kier molecular flexibility index (Phi) is 5.02. The minimum atomic E-state index is 0.399. The van der Waals surface area contributed by atoms with Crippen molar-refractivity contribution in [2.45, 2.75) is 32.7 Å². The number of hydrogen-bond donors (Lipinski definition) is 1. The van der Waals surface area contributed by atoms with Gasteiger partial charge in [-0.15, -0.1) is 11.3 Å². The second kappa shape index (κ2) is 6.55. The molecule has 0 saturated carbocycles. The lowest BCUT2D eigenvalue weighted by Gasteiger charge is -2.17. The molecule has 1 N–H and O–H groups in total. The Morgan fingerprint density at radius 2 is 2.26 bits per heavy atom. The van der Waals surface area contributed by atoms with Crippen LogP contribution in [0.5, 0.6) is 0 Å². The van der Waals surface area contributed by atoms with Gasteiger partial charge >= 0.3 is 0 Å². The van der Waals surface area contributed by atoms with E-state index in [4.69, 9.17) is 11.6 Å². The number of hydrogen-bond acceptors (Lipinski definition) is 3. The predicted molar refractivity (Wildman–Crippen MR) is 82.1 cm³/mol. The molecule has 2 heterocycles. The summed E-state index contributed by atoms with van der Waals surface area (Å²) in [6, 6.07) is 4.69. The van der Waals surface area contributed by atoms with Crippen molar-refractivity contribution >= 4 is 22.9 Å². The largest absolute Gasteiger partial charge is 0.314 e. The van der Waals surface area contributed by atoms with E-state index < -0.39 is 0 Å². The van der Waals surface area contributed by atoms with Crippen molar-refractivity contribution in [1.29, 1.82) is 0 Å². The third kappa shape index (κ3) is 3.59. The first kappa shape index (κ1) is 14.6. The van der Waals surface area contributed by atoms with E-state index in [-0.39, 0.29) is 0 Å². The van der Waals surface area contributed by atoms with Crippen LogP contribution in [0.4, 0.5) is 0 Å². The molecule has 0 saturated heterocycles. The van der Waals surface area contributed by atoms with E-state index in [2.05, 4.69) is 34.9 Å². The van der Waals surface area contributed by atoms with Gasteiger partial charge in [-0.25, -0.2) is 0 Å². The Labute approximate surface area is 123 Å². The maximum Gasteiger partial charge on any atom is 0.0847 e. The van der Waals surface area contributed by atoms with Crippen LogP contribution < -0.4 is 5.32 Å². The number of likely N-dealkylation sites (N-methyl/N-ethyl adjacent to an activating group) is 1. The van der Waals surface area contributed by atoms with Crippen molar-refractivity contribution in [3.63, 3.8) is 0 Å². The Morgan fingerprint density at radius 3 is 2.79 bits per heavy atom. The molecule has 0 aliphatic rings. The normalized spacial score (nSPS) is 12.8. The third-order valence-corrected chi connectivity index (χ3v) is 4.61. The lowest BCUT2D eigenvalue weighted by atomic mass is 10.1. The molecule has 0 aliphatic carbocycles. The van der Waals surface area contributed by atoms with E-state index in [1.807, 2.05) is 18.7 Å². The number of aromatic nitrogens is 2. The van der Waals surface area contributed by atoms with Gasteiger partial charge in [0.1, 0.15) is 0 Å². The molecule has 0 aliphatic heterocycles. The first-order chi connectivity index (χ1) is 9.11. The fraction of sp³-hybridized carbons (Fsp3) is 0.500. The van der Waals surface area contributed by atoms with Gasteiger partial charge in [-0.3, -0.25) is 4.68 Å². The zero-order valence-corrected chi connectivity index (χ0v) is 13.2. The van der Waals surface area contributed by atoms with Crippen molar-refractivity contribution in [1.82, 2.24) is 15.1 Å². The summed E-state index contributed by atoms with van der Waals surface area (Å²) in [4.78, 5) is 1.40. The average molecular weight is 298 g/mol. The van der Waals surface area contributed by atoms with Gasteiger partial charge in [-0.2, -0.15) is 5.10 Å². The second-order valence-corrected chi connectivity index (χ2v) is 6.12. The van der Waals surface area contributed by atoms with Gasteiger partial charge in [0, 0.05) is 24.4 Å². The molecule has 0 amide bonds. The van der Waals surface area contributed by atoms with E-state index in [0.717, 1.165) is 35.8 Å². The minimum Gasteiger partial charge on any atom is -0.314 e. The highest BCUT2D eigenvalue weighted by Gasteiger charge is 2.17. The standard InChI is InChI=1S/C14H20ClN3S/c1-4-16-11(8-12-6-5-7-19-12)9-13-14(15)10(2)17-18(13)3/h5-7,11,16H,4,8-9H2,1-3H3. The topological polar surface area (TPSA) is 29.9 Å². The smallest absolute Gasteiger partial charge is 0.0847 e. The molecule has 0 bridgehead atoms. The molecule has 2 aromatic heterocycles. The Morgan fingerprint density at radius 1 is 1.47 bits per heavy atom. The number of nitrogens with one attached hydrogen (secondary N) is 1. The van der Waals surface area contributed by atoms with Crippen LogP contribution in [0, 0.1) is 6.92 Å². The highest BCUT2D eigenvalue weighted by Crippen LogP contribution is 2.22. The highest BCUT2D eigenvalue weighted by molar-refractivity contribution is 7.09. The first-order valence-corrected chi connectivity index (χ1v) is 7.81. The van der Waals surface area contributed by atoms with E-state index >= 15 is 0 Å². The lowest BCUT2D eigenvalue weighted by molar-refractivity contribution is 0.507. The number of halogens is 1. The van der Waals surface area contributed by atoms with Crippen molar-refractivity contribution in [3.05, 3.63) is 38.8 Å². The van der Waals surface area contributed by atoms with Crippen molar-refractivity contribution in [2.24, 2.45) is 7.05 Å². The SMILES string of the molecule is CCNC(Cc1cccs1)Cc1c(Cl)c(C)nn1C. The summed E-state index contributed by atoms with van der Waals surface area (Å²) in [5.41, 5.74) is 2.02. The molecule has 0 fully saturated rings. The Hall–Kier alpha value is -0.840. The Balaban J connectivity index is 2.11. The van der Waals surface area contributed by atoms with Crippen LogP contribution >= 0.6 is 22.9 Å². The van der Waals surface area contributed by atoms with Crippen molar-refractivity contribution < 1.29 is 0 Å². The molecular weight excluding hydrogens is 278 g/mol. The minimum absolute atomic E-state index is 0.399. The molecule has 0 aromatic carbocycles. The number of nitrogens with zero attached hydrogens (tertiary/aromatic N) is 2. The second-order valence-electron chi connectivity index (χ2n) is 4.71. The van der Waals surface area contributed by atoms with Crippen LogP contribution in [0.15, 0.2) is 17.5 Å². The highest BCUT2D eigenvalue weighted by atomic mass is 35.5. The summed E-state index contributed by atoms with van der Waals surface area (Å²) in [5.74, 6) is 0. The van der Waals surface area contributed by atoms with Gasteiger partial charge in [0.2, 0.25) is 0 Å².